The molecule has 0 saturated heterocycles. The topological polar surface area (TPSA) is 55.8 Å². The predicted octanol–water partition coefficient (Wildman–Crippen LogP) is 6.15. The average molecular weight is 376 g/mol. The molecule has 4 aromatic rings. The first kappa shape index (κ1) is 16.4. The molecule has 0 amide bonds. The number of phosphoric acid groups is 1. The number of fused-ring (bicyclic) bond motifs is 7. The van der Waals surface area contributed by atoms with Crippen molar-refractivity contribution in [2.24, 2.45) is 0 Å². The molecule has 4 aromatic carbocycles. The molecule has 27 heavy (non-hydrogen) atoms. The molecule has 5 heteroatoms. The van der Waals surface area contributed by atoms with E-state index in [0.717, 1.165) is 43.8 Å². The summed E-state index contributed by atoms with van der Waals surface area (Å²) in [5.41, 5.74) is 3.18. The van der Waals surface area contributed by atoms with Crippen molar-refractivity contribution in [2.45, 2.75) is 13.8 Å². The summed E-state index contributed by atoms with van der Waals surface area (Å²) >= 11 is 0. The Bertz CT molecular complexity index is 1200. The summed E-state index contributed by atoms with van der Waals surface area (Å²) in [6.45, 7) is 3.77. The molecule has 1 N–H and O–H groups in total. The normalized spacial score (nSPS) is 14.8. The van der Waals surface area contributed by atoms with E-state index >= 15 is 0 Å². The van der Waals surface area contributed by atoms with Crippen molar-refractivity contribution in [1.29, 1.82) is 0 Å². The van der Waals surface area contributed by atoms with Crippen molar-refractivity contribution < 1.29 is 18.5 Å². The molecule has 0 unspecified atom stereocenters. The molecule has 0 spiro atoms. The third kappa shape index (κ3) is 2.45. The van der Waals surface area contributed by atoms with Gasteiger partial charge in [-0.25, -0.2) is 4.57 Å². The zero-order valence-corrected chi connectivity index (χ0v) is 15.8. The minimum Gasteiger partial charge on any atom is -0.394 e. The van der Waals surface area contributed by atoms with E-state index in [1.165, 1.54) is 0 Å². The molecule has 0 aliphatic carbocycles. The number of aryl methyl sites for hydroxylation is 2. The number of hydrogen-bond donors (Lipinski definition) is 1. The maximum absolute atomic E-state index is 12.7. The number of hydrogen-bond acceptors (Lipinski definition) is 3. The SMILES string of the molecule is Cc1cc2ccccc2c2c1OP(=O)(O)Oc1c(C)cc3ccccc3c1-2. The van der Waals surface area contributed by atoms with Crippen LogP contribution in [0.2, 0.25) is 0 Å². The van der Waals surface area contributed by atoms with Crippen LogP contribution in [-0.4, -0.2) is 4.89 Å². The highest BCUT2D eigenvalue weighted by molar-refractivity contribution is 7.48. The van der Waals surface area contributed by atoms with E-state index in [9.17, 15) is 9.46 Å². The molecule has 1 aliphatic heterocycles. The molecule has 0 radical (unpaired) electrons. The zero-order chi connectivity index (χ0) is 18.8. The van der Waals surface area contributed by atoms with Crippen molar-refractivity contribution in [1.82, 2.24) is 0 Å². The van der Waals surface area contributed by atoms with Crippen LogP contribution in [0.5, 0.6) is 11.5 Å². The van der Waals surface area contributed by atoms with Gasteiger partial charge in [0, 0.05) is 11.1 Å². The molecule has 0 fully saturated rings. The van der Waals surface area contributed by atoms with Gasteiger partial charge in [0.2, 0.25) is 0 Å². The molecule has 0 bridgehead atoms. The molecular formula is C22H17O4P. The fourth-order valence-corrected chi connectivity index (χ4v) is 4.89. The van der Waals surface area contributed by atoms with Gasteiger partial charge in [0.25, 0.3) is 0 Å². The van der Waals surface area contributed by atoms with E-state index in [1.54, 1.807) is 0 Å². The first-order chi connectivity index (χ1) is 12.9. The molecule has 0 saturated carbocycles. The largest absolute Gasteiger partial charge is 0.584 e. The van der Waals surface area contributed by atoms with E-state index in [2.05, 4.69) is 0 Å². The van der Waals surface area contributed by atoms with Gasteiger partial charge in [0.05, 0.1) is 0 Å². The summed E-state index contributed by atoms with van der Waals surface area (Å²) in [5, 5.41) is 4.01. The van der Waals surface area contributed by atoms with Crippen molar-refractivity contribution in [3.05, 3.63) is 71.8 Å². The monoisotopic (exact) mass is 376 g/mol. The van der Waals surface area contributed by atoms with Gasteiger partial charge in [-0.3, -0.25) is 4.89 Å². The molecule has 134 valence electrons. The van der Waals surface area contributed by atoms with Gasteiger partial charge in [-0.15, -0.1) is 0 Å². The van der Waals surface area contributed by atoms with Crippen LogP contribution in [0.25, 0.3) is 32.7 Å². The lowest BCUT2D eigenvalue weighted by Crippen LogP contribution is -1.99. The maximum atomic E-state index is 12.7. The summed E-state index contributed by atoms with van der Waals surface area (Å²) in [7, 11) is -4.30. The van der Waals surface area contributed by atoms with Crippen LogP contribution in [-0.2, 0) is 4.57 Å². The molecule has 1 aliphatic rings. The molecule has 0 aromatic heterocycles. The first-order valence-electron chi connectivity index (χ1n) is 8.72. The van der Waals surface area contributed by atoms with E-state index in [-0.39, 0.29) is 0 Å². The minimum absolute atomic E-state index is 0.397. The molecule has 5 rings (SSSR count). The van der Waals surface area contributed by atoms with Gasteiger partial charge < -0.3 is 9.05 Å². The van der Waals surface area contributed by atoms with Gasteiger partial charge in [0.1, 0.15) is 11.5 Å². The Kier molecular flexibility index (Phi) is 3.39. The first-order valence-corrected chi connectivity index (χ1v) is 10.2. The van der Waals surface area contributed by atoms with Crippen molar-refractivity contribution in [3.63, 3.8) is 0 Å². The van der Waals surface area contributed by atoms with Gasteiger partial charge in [-0.1, -0.05) is 48.5 Å². The van der Waals surface area contributed by atoms with E-state index in [1.807, 2.05) is 74.5 Å². The number of rotatable bonds is 0. The fourth-order valence-electron chi connectivity index (χ4n) is 3.92. The lowest BCUT2D eigenvalue weighted by atomic mass is 9.89. The van der Waals surface area contributed by atoms with Gasteiger partial charge in [0.15, 0.2) is 0 Å². The Balaban J connectivity index is 2.08. The molecule has 1 heterocycles. The van der Waals surface area contributed by atoms with E-state index in [0.29, 0.717) is 11.5 Å². The van der Waals surface area contributed by atoms with Gasteiger partial charge in [-0.05, 0) is 58.7 Å². The lowest BCUT2D eigenvalue weighted by Gasteiger charge is -2.16. The standard InChI is InChI=1S/C22H17O4P/c1-13-11-15-7-3-5-9-17(15)19-20-18-10-6-4-8-16(18)12-14(2)22(20)26-27(23,24)25-21(13)19/h3-12H,1-2H3,(H,23,24). The Hall–Kier alpha value is -2.81. The van der Waals surface area contributed by atoms with Gasteiger partial charge in [-0.2, -0.15) is 0 Å². The minimum atomic E-state index is -4.30. The summed E-state index contributed by atoms with van der Waals surface area (Å²) < 4.78 is 23.8. The highest BCUT2D eigenvalue weighted by atomic mass is 31.2. The fraction of sp³-hybridized carbons (Fsp3) is 0.0909. The maximum Gasteiger partial charge on any atom is 0.584 e. The molecule has 0 atom stereocenters. The smallest absolute Gasteiger partial charge is 0.394 e. The van der Waals surface area contributed by atoms with Crippen LogP contribution < -0.4 is 9.05 Å². The van der Waals surface area contributed by atoms with Crippen molar-refractivity contribution in [3.8, 4) is 22.6 Å². The van der Waals surface area contributed by atoms with Crippen LogP contribution in [0.15, 0.2) is 60.7 Å². The highest BCUT2D eigenvalue weighted by Gasteiger charge is 2.35. The number of benzene rings is 4. The second-order valence-corrected chi connectivity index (χ2v) is 8.19. The Morgan fingerprint density at radius 2 is 1.15 bits per heavy atom. The summed E-state index contributed by atoms with van der Waals surface area (Å²) in [5.74, 6) is 0.795. The van der Waals surface area contributed by atoms with Crippen molar-refractivity contribution in [2.75, 3.05) is 0 Å². The average Bonchev–Trinajstić information content (AvgIpc) is 2.76. The summed E-state index contributed by atoms with van der Waals surface area (Å²) in [6, 6.07) is 19.9. The van der Waals surface area contributed by atoms with Crippen LogP contribution in [0.3, 0.4) is 0 Å². The van der Waals surface area contributed by atoms with Gasteiger partial charge >= 0.3 is 7.82 Å². The quantitative estimate of drug-likeness (QED) is 0.374. The van der Waals surface area contributed by atoms with Crippen molar-refractivity contribution >= 4 is 29.4 Å². The van der Waals surface area contributed by atoms with Crippen LogP contribution in [0.1, 0.15) is 11.1 Å². The Labute approximate surface area is 156 Å². The lowest BCUT2D eigenvalue weighted by molar-refractivity contribution is 0.293. The second kappa shape index (κ2) is 5.59. The summed E-state index contributed by atoms with van der Waals surface area (Å²) in [6.07, 6.45) is 0. The Morgan fingerprint density at radius 3 is 1.59 bits per heavy atom. The van der Waals surface area contributed by atoms with Crippen LogP contribution in [0, 0.1) is 13.8 Å². The second-order valence-electron chi connectivity index (χ2n) is 6.89. The number of phosphoric ester groups is 1. The molecule has 4 nitrogen and oxygen atoms in total. The zero-order valence-electron chi connectivity index (χ0n) is 14.9. The highest BCUT2D eigenvalue weighted by Crippen LogP contribution is 2.58. The van der Waals surface area contributed by atoms with E-state index in [4.69, 9.17) is 9.05 Å². The van der Waals surface area contributed by atoms with Crippen LogP contribution in [0.4, 0.5) is 0 Å². The molecular weight excluding hydrogens is 359 g/mol. The summed E-state index contributed by atoms with van der Waals surface area (Å²) in [4.78, 5) is 10.4. The Morgan fingerprint density at radius 1 is 0.741 bits per heavy atom. The van der Waals surface area contributed by atoms with Crippen LogP contribution >= 0.6 is 7.82 Å². The predicted molar refractivity (Wildman–Crippen MR) is 107 cm³/mol. The van der Waals surface area contributed by atoms with E-state index < -0.39 is 7.82 Å². The third-order valence-electron chi connectivity index (χ3n) is 5.04. The third-order valence-corrected chi connectivity index (χ3v) is 5.86.